The number of ether oxygens (including phenoxy) is 1. The van der Waals surface area contributed by atoms with Crippen molar-refractivity contribution in [2.75, 3.05) is 0 Å². The van der Waals surface area contributed by atoms with E-state index in [1.165, 1.54) is 0 Å². The third-order valence-electron chi connectivity index (χ3n) is 2.35. The molecule has 1 aromatic carbocycles. The third kappa shape index (κ3) is 1.52. The summed E-state index contributed by atoms with van der Waals surface area (Å²) in [6.45, 7) is 1.95. The predicted molar refractivity (Wildman–Crippen MR) is 53.2 cm³/mol. The van der Waals surface area contributed by atoms with E-state index in [1.807, 2.05) is 25.1 Å². The molecule has 0 fully saturated rings. The van der Waals surface area contributed by atoms with E-state index in [1.54, 1.807) is 0 Å². The van der Waals surface area contributed by atoms with Crippen molar-refractivity contribution in [1.29, 1.82) is 0 Å². The maximum atomic E-state index is 6.02. The quantitative estimate of drug-likeness (QED) is 0.748. The minimum Gasteiger partial charge on any atom is -0.488 e. The van der Waals surface area contributed by atoms with Gasteiger partial charge in [0.15, 0.2) is 0 Å². The highest BCUT2D eigenvalue weighted by Crippen LogP contribution is 2.34. The molecule has 2 unspecified atom stereocenters. The van der Waals surface area contributed by atoms with Crippen molar-refractivity contribution in [2.24, 2.45) is 5.73 Å². The SMILES string of the molecule is CC(N)C1Cc2c(Cl)cccc2O1. The van der Waals surface area contributed by atoms with Crippen molar-refractivity contribution in [3.05, 3.63) is 28.8 Å². The second kappa shape index (κ2) is 3.20. The van der Waals surface area contributed by atoms with Gasteiger partial charge in [-0.1, -0.05) is 17.7 Å². The van der Waals surface area contributed by atoms with Crippen LogP contribution in [0.3, 0.4) is 0 Å². The Bertz CT molecular complexity index is 325. The Morgan fingerprint density at radius 1 is 1.62 bits per heavy atom. The number of hydrogen-bond acceptors (Lipinski definition) is 2. The van der Waals surface area contributed by atoms with E-state index < -0.39 is 0 Å². The summed E-state index contributed by atoms with van der Waals surface area (Å²) in [6.07, 6.45) is 0.905. The smallest absolute Gasteiger partial charge is 0.124 e. The Kier molecular flexibility index (Phi) is 2.18. The van der Waals surface area contributed by atoms with Crippen molar-refractivity contribution in [1.82, 2.24) is 0 Å². The minimum absolute atomic E-state index is 0.0449. The second-order valence-corrected chi connectivity index (χ2v) is 3.84. The van der Waals surface area contributed by atoms with Gasteiger partial charge >= 0.3 is 0 Å². The highest BCUT2D eigenvalue weighted by atomic mass is 35.5. The van der Waals surface area contributed by atoms with E-state index >= 15 is 0 Å². The second-order valence-electron chi connectivity index (χ2n) is 3.44. The van der Waals surface area contributed by atoms with Gasteiger partial charge in [-0.3, -0.25) is 0 Å². The molecule has 2 N–H and O–H groups in total. The Balaban J connectivity index is 2.30. The topological polar surface area (TPSA) is 35.2 Å². The summed E-state index contributed by atoms with van der Waals surface area (Å²) in [5.41, 5.74) is 6.85. The van der Waals surface area contributed by atoms with Crippen LogP contribution in [0.4, 0.5) is 0 Å². The van der Waals surface area contributed by atoms with Gasteiger partial charge in [0.1, 0.15) is 11.9 Å². The van der Waals surface area contributed by atoms with Crippen LogP contribution in [0.5, 0.6) is 5.75 Å². The zero-order valence-electron chi connectivity index (χ0n) is 7.46. The molecular formula is C10H12ClNO. The number of rotatable bonds is 1. The fourth-order valence-electron chi connectivity index (χ4n) is 1.55. The summed E-state index contributed by atoms with van der Waals surface area (Å²) >= 11 is 6.02. The van der Waals surface area contributed by atoms with Crippen molar-refractivity contribution < 1.29 is 4.74 Å². The number of hydrogen-bond donors (Lipinski definition) is 1. The van der Waals surface area contributed by atoms with Gasteiger partial charge in [-0.15, -0.1) is 0 Å². The molecule has 0 amide bonds. The molecule has 3 heteroatoms. The Labute approximate surface area is 82.6 Å². The molecule has 0 spiro atoms. The van der Waals surface area contributed by atoms with Gasteiger partial charge in [-0.25, -0.2) is 0 Å². The van der Waals surface area contributed by atoms with Gasteiger partial charge in [-0.05, 0) is 19.1 Å². The lowest BCUT2D eigenvalue weighted by atomic mass is 10.1. The maximum absolute atomic E-state index is 6.02. The molecule has 70 valence electrons. The van der Waals surface area contributed by atoms with Crippen LogP contribution in [0, 0.1) is 0 Å². The van der Waals surface area contributed by atoms with Crippen LogP contribution in [-0.2, 0) is 6.42 Å². The van der Waals surface area contributed by atoms with E-state index in [0.717, 1.165) is 22.8 Å². The van der Waals surface area contributed by atoms with Gasteiger partial charge in [0.05, 0.1) is 0 Å². The Morgan fingerprint density at radius 2 is 2.38 bits per heavy atom. The van der Waals surface area contributed by atoms with Crippen molar-refractivity contribution in [3.8, 4) is 5.75 Å². The van der Waals surface area contributed by atoms with Crippen LogP contribution >= 0.6 is 11.6 Å². The van der Waals surface area contributed by atoms with E-state index in [0.29, 0.717) is 0 Å². The number of fused-ring (bicyclic) bond motifs is 1. The highest BCUT2D eigenvalue weighted by Gasteiger charge is 2.27. The van der Waals surface area contributed by atoms with E-state index in [-0.39, 0.29) is 12.1 Å². The Morgan fingerprint density at radius 3 is 3.00 bits per heavy atom. The summed E-state index contributed by atoms with van der Waals surface area (Å²) in [4.78, 5) is 0. The van der Waals surface area contributed by atoms with Gasteiger partial charge in [0.2, 0.25) is 0 Å². The summed E-state index contributed by atoms with van der Waals surface area (Å²) in [7, 11) is 0. The normalized spacial score (nSPS) is 22.2. The molecule has 0 aliphatic carbocycles. The first kappa shape index (κ1) is 8.85. The van der Waals surface area contributed by atoms with E-state index in [2.05, 4.69) is 0 Å². The van der Waals surface area contributed by atoms with E-state index in [4.69, 9.17) is 22.1 Å². The number of benzene rings is 1. The monoisotopic (exact) mass is 197 g/mol. The first-order chi connectivity index (χ1) is 6.18. The van der Waals surface area contributed by atoms with Crippen LogP contribution in [0.15, 0.2) is 18.2 Å². The van der Waals surface area contributed by atoms with Gasteiger partial charge in [-0.2, -0.15) is 0 Å². The van der Waals surface area contributed by atoms with Crippen LogP contribution in [0.1, 0.15) is 12.5 Å². The first-order valence-corrected chi connectivity index (χ1v) is 4.76. The lowest BCUT2D eigenvalue weighted by molar-refractivity contribution is 0.206. The molecule has 1 aliphatic rings. The molecule has 0 bridgehead atoms. The predicted octanol–water partition coefficient (Wildman–Crippen LogP) is 1.99. The van der Waals surface area contributed by atoms with Crippen molar-refractivity contribution >= 4 is 11.6 Å². The lowest BCUT2D eigenvalue weighted by Crippen LogP contribution is -2.34. The lowest BCUT2D eigenvalue weighted by Gasteiger charge is -2.13. The Hall–Kier alpha value is -0.730. The molecule has 0 saturated carbocycles. The molecule has 13 heavy (non-hydrogen) atoms. The maximum Gasteiger partial charge on any atom is 0.124 e. The van der Waals surface area contributed by atoms with Crippen LogP contribution < -0.4 is 10.5 Å². The van der Waals surface area contributed by atoms with Crippen molar-refractivity contribution in [3.63, 3.8) is 0 Å². The molecule has 1 aliphatic heterocycles. The average molecular weight is 198 g/mol. The molecule has 0 radical (unpaired) electrons. The van der Waals surface area contributed by atoms with Crippen LogP contribution in [0.2, 0.25) is 5.02 Å². The van der Waals surface area contributed by atoms with Crippen molar-refractivity contribution in [2.45, 2.75) is 25.5 Å². The largest absolute Gasteiger partial charge is 0.488 e. The zero-order valence-corrected chi connectivity index (χ0v) is 8.21. The fourth-order valence-corrected chi connectivity index (χ4v) is 1.79. The summed E-state index contributed by atoms with van der Waals surface area (Å²) < 4.78 is 5.64. The molecule has 2 atom stereocenters. The first-order valence-electron chi connectivity index (χ1n) is 4.38. The molecule has 2 rings (SSSR count). The summed E-state index contributed by atoms with van der Waals surface area (Å²) in [5, 5.41) is 0.778. The molecule has 1 heterocycles. The van der Waals surface area contributed by atoms with Crippen LogP contribution in [0.25, 0.3) is 0 Å². The molecule has 2 nitrogen and oxygen atoms in total. The van der Waals surface area contributed by atoms with Crippen LogP contribution in [-0.4, -0.2) is 12.1 Å². The van der Waals surface area contributed by atoms with Gasteiger partial charge in [0.25, 0.3) is 0 Å². The zero-order chi connectivity index (χ0) is 9.42. The highest BCUT2D eigenvalue weighted by molar-refractivity contribution is 6.31. The molecular weight excluding hydrogens is 186 g/mol. The van der Waals surface area contributed by atoms with Gasteiger partial charge < -0.3 is 10.5 Å². The third-order valence-corrected chi connectivity index (χ3v) is 2.70. The molecule has 1 aromatic rings. The van der Waals surface area contributed by atoms with Gasteiger partial charge in [0, 0.05) is 23.0 Å². The molecule has 0 saturated heterocycles. The number of nitrogens with two attached hydrogens (primary N) is 1. The fraction of sp³-hybridized carbons (Fsp3) is 0.400. The average Bonchev–Trinajstić information content (AvgIpc) is 2.49. The minimum atomic E-state index is 0.0449. The van der Waals surface area contributed by atoms with E-state index in [9.17, 15) is 0 Å². The standard InChI is InChI=1S/C10H12ClNO/c1-6(12)10-5-7-8(11)3-2-4-9(7)13-10/h2-4,6,10H,5,12H2,1H3. The summed E-state index contributed by atoms with van der Waals surface area (Å²) in [6, 6.07) is 5.75. The number of halogens is 1. The summed E-state index contributed by atoms with van der Waals surface area (Å²) in [5.74, 6) is 0.884. The molecule has 0 aromatic heterocycles.